The number of halogens is 1. The number of aliphatic hydroxyl groups is 1. The molecule has 2 atom stereocenters. The largest absolute Gasteiger partial charge is 0.392 e. The summed E-state index contributed by atoms with van der Waals surface area (Å²) >= 11 is 5.82. The summed E-state index contributed by atoms with van der Waals surface area (Å²) in [6.45, 7) is 3.31. The van der Waals surface area contributed by atoms with Gasteiger partial charge in [0.1, 0.15) is 5.02 Å². The molecule has 1 aromatic carbocycles. The van der Waals surface area contributed by atoms with Gasteiger partial charge in [-0.05, 0) is 37.9 Å². The Morgan fingerprint density at radius 1 is 1.55 bits per heavy atom. The van der Waals surface area contributed by atoms with E-state index in [1.807, 2.05) is 6.07 Å². The number of hydrogen-bond donors (Lipinski definition) is 1. The van der Waals surface area contributed by atoms with E-state index >= 15 is 0 Å². The van der Waals surface area contributed by atoms with Crippen molar-refractivity contribution in [3.63, 3.8) is 0 Å². The Hall–Kier alpha value is -1.17. The van der Waals surface area contributed by atoms with Gasteiger partial charge in [-0.25, -0.2) is 0 Å². The molecule has 5 nitrogen and oxygen atoms in total. The molecule has 1 saturated heterocycles. The molecule has 20 heavy (non-hydrogen) atoms. The lowest BCUT2D eigenvalue weighted by Crippen LogP contribution is -2.45. The van der Waals surface area contributed by atoms with E-state index in [1.54, 1.807) is 13.0 Å². The zero-order valence-electron chi connectivity index (χ0n) is 11.5. The van der Waals surface area contributed by atoms with E-state index in [0.29, 0.717) is 6.54 Å². The van der Waals surface area contributed by atoms with Crippen LogP contribution in [0.4, 0.5) is 5.69 Å². The quantitative estimate of drug-likeness (QED) is 0.685. The average Bonchev–Trinajstić information content (AvgIpc) is 2.41. The maximum atomic E-state index is 10.9. The second kappa shape index (κ2) is 6.52. The minimum absolute atomic E-state index is 0.0604. The number of hydrogen-bond acceptors (Lipinski definition) is 4. The van der Waals surface area contributed by atoms with E-state index in [-0.39, 0.29) is 16.8 Å². The molecular weight excluding hydrogens is 280 g/mol. The molecule has 0 saturated carbocycles. The maximum absolute atomic E-state index is 10.9. The van der Waals surface area contributed by atoms with Gasteiger partial charge in [0.2, 0.25) is 0 Å². The van der Waals surface area contributed by atoms with E-state index in [0.717, 1.165) is 31.4 Å². The van der Waals surface area contributed by atoms with Crippen LogP contribution < -0.4 is 0 Å². The number of benzene rings is 1. The van der Waals surface area contributed by atoms with Crippen molar-refractivity contribution in [2.45, 2.75) is 44.9 Å². The van der Waals surface area contributed by atoms with Gasteiger partial charge in [0.15, 0.2) is 0 Å². The van der Waals surface area contributed by atoms with E-state index in [1.165, 1.54) is 6.07 Å². The lowest BCUT2D eigenvalue weighted by Gasteiger charge is -2.37. The van der Waals surface area contributed by atoms with Crippen LogP contribution in [0.1, 0.15) is 31.7 Å². The molecule has 1 aromatic rings. The Morgan fingerprint density at radius 3 is 2.95 bits per heavy atom. The van der Waals surface area contributed by atoms with Crippen LogP contribution in [0.15, 0.2) is 18.2 Å². The summed E-state index contributed by atoms with van der Waals surface area (Å²) in [5.74, 6) is 0. The van der Waals surface area contributed by atoms with Crippen LogP contribution in [0.5, 0.6) is 0 Å². The Labute approximate surface area is 123 Å². The van der Waals surface area contributed by atoms with Crippen LogP contribution in [0.25, 0.3) is 0 Å². The highest BCUT2D eigenvalue weighted by molar-refractivity contribution is 6.32. The van der Waals surface area contributed by atoms with Crippen molar-refractivity contribution in [2.24, 2.45) is 0 Å². The van der Waals surface area contributed by atoms with Crippen LogP contribution in [0.3, 0.4) is 0 Å². The molecule has 2 rings (SSSR count). The lowest BCUT2D eigenvalue weighted by molar-refractivity contribution is -0.384. The summed E-state index contributed by atoms with van der Waals surface area (Å²) in [5, 5.41) is 20.9. The fourth-order valence-electron chi connectivity index (χ4n) is 2.79. The summed E-state index contributed by atoms with van der Waals surface area (Å²) in [5.41, 5.74) is 0.795. The normalized spacial score (nSPS) is 21.6. The minimum atomic E-state index is -0.464. The highest BCUT2D eigenvalue weighted by Gasteiger charge is 2.26. The predicted molar refractivity (Wildman–Crippen MR) is 77.8 cm³/mol. The first-order chi connectivity index (χ1) is 9.49. The van der Waals surface area contributed by atoms with E-state index in [4.69, 9.17) is 11.6 Å². The first kappa shape index (κ1) is 15.2. The first-order valence-corrected chi connectivity index (χ1v) is 7.22. The van der Waals surface area contributed by atoms with Gasteiger partial charge in [-0.3, -0.25) is 15.0 Å². The number of nitrogens with zero attached hydrogens (tertiary/aromatic N) is 2. The Kier molecular flexibility index (Phi) is 4.96. The third kappa shape index (κ3) is 3.48. The Balaban J connectivity index is 2.16. The van der Waals surface area contributed by atoms with E-state index < -0.39 is 11.0 Å². The molecule has 0 bridgehead atoms. The van der Waals surface area contributed by atoms with Crippen molar-refractivity contribution in [1.82, 2.24) is 4.90 Å². The molecule has 1 aliphatic rings. The number of likely N-dealkylation sites (tertiary alicyclic amines) is 1. The van der Waals surface area contributed by atoms with Crippen LogP contribution in [0, 0.1) is 10.1 Å². The standard InChI is InChI=1S/C14H19ClN2O3/c1-10(18)13-4-2-3-7-16(13)9-11-5-6-12(15)14(8-11)17(19)20/h5-6,8,10,13,18H,2-4,7,9H2,1H3. The molecule has 1 fully saturated rings. The smallest absolute Gasteiger partial charge is 0.288 e. The van der Waals surface area contributed by atoms with Crippen LogP contribution in [0.2, 0.25) is 5.02 Å². The average molecular weight is 299 g/mol. The molecule has 0 aromatic heterocycles. The molecular formula is C14H19ClN2O3. The Bertz CT molecular complexity index is 493. The highest BCUT2D eigenvalue weighted by atomic mass is 35.5. The van der Waals surface area contributed by atoms with Gasteiger partial charge in [-0.15, -0.1) is 0 Å². The van der Waals surface area contributed by atoms with E-state index in [2.05, 4.69) is 4.90 Å². The molecule has 2 unspecified atom stereocenters. The molecule has 1 heterocycles. The van der Waals surface area contributed by atoms with Crippen molar-refractivity contribution < 1.29 is 10.0 Å². The third-order valence-corrected chi connectivity index (χ3v) is 4.13. The monoisotopic (exact) mass is 298 g/mol. The van der Waals surface area contributed by atoms with Crippen molar-refractivity contribution in [3.8, 4) is 0 Å². The fraction of sp³-hybridized carbons (Fsp3) is 0.571. The second-order valence-corrected chi connectivity index (χ2v) is 5.72. The number of piperidine rings is 1. The number of nitro groups is 1. The topological polar surface area (TPSA) is 66.6 Å². The summed E-state index contributed by atoms with van der Waals surface area (Å²) < 4.78 is 0. The van der Waals surface area contributed by atoms with Gasteiger partial charge in [0.05, 0.1) is 11.0 Å². The number of aliphatic hydroxyl groups excluding tert-OH is 1. The van der Waals surface area contributed by atoms with Gasteiger partial charge in [-0.2, -0.15) is 0 Å². The van der Waals surface area contributed by atoms with Crippen molar-refractivity contribution in [2.75, 3.05) is 6.54 Å². The van der Waals surface area contributed by atoms with Crippen LogP contribution in [-0.2, 0) is 6.54 Å². The molecule has 0 aliphatic carbocycles. The van der Waals surface area contributed by atoms with Gasteiger partial charge >= 0.3 is 0 Å². The molecule has 6 heteroatoms. The maximum Gasteiger partial charge on any atom is 0.288 e. The summed E-state index contributed by atoms with van der Waals surface area (Å²) in [6, 6.07) is 5.02. The second-order valence-electron chi connectivity index (χ2n) is 5.32. The number of nitro benzene ring substituents is 1. The van der Waals surface area contributed by atoms with Crippen LogP contribution >= 0.6 is 11.6 Å². The highest BCUT2D eigenvalue weighted by Crippen LogP contribution is 2.27. The molecule has 0 spiro atoms. The van der Waals surface area contributed by atoms with Crippen LogP contribution in [-0.4, -0.2) is 33.6 Å². The number of rotatable bonds is 4. The van der Waals surface area contributed by atoms with Gasteiger partial charge in [-0.1, -0.05) is 24.1 Å². The summed E-state index contributed by atoms with van der Waals surface area (Å²) in [6.07, 6.45) is 2.79. The summed E-state index contributed by atoms with van der Waals surface area (Å²) in [7, 11) is 0. The fourth-order valence-corrected chi connectivity index (χ4v) is 2.98. The molecule has 1 aliphatic heterocycles. The summed E-state index contributed by atoms with van der Waals surface area (Å²) in [4.78, 5) is 12.6. The predicted octanol–water partition coefficient (Wildman–Crippen LogP) is 2.98. The zero-order valence-corrected chi connectivity index (χ0v) is 12.2. The molecule has 110 valence electrons. The molecule has 0 radical (unpaired) electrons. The SMILES string of the molecule is CC(O)C1CCCCN1Cc1ccc(Cl)c([N+](=O)[O-])c1. The van der Waals surface area contributed by atoms with Gasteiger partial charge < -0.3 is 5.11 Å². The van der Waals surface area contributed by atoms with Gasteiger partial charge in [0, 0.05) is 18.7 Å². The zero-order chi connectivity index (χ0) is 14.7. The van der Waals surface area contributed by atoms with E-state index in [9.17, 15) is 15.2 Å². The minimum Gasteiger partial charge on any atom is -0.392 e. The third-order valence-electron chi connectivity index (χ3n) is 3.81. The van der Waals surface area contributed by atoms with Gasteiger partial charge in [0.25, 0.3) is 5.69 Å². The Morgan fingerprint density at radius 2 is 2.30 bits per heavy atom. The van der Waals surface area contributed by atoms with Crippen molar-refractivity contribution in [1.29, 1.82) is 0 Å². The van der Waals surface area contributed by atoms with Crippen molar-refractivity contribution >= 4 is 17.3 Å². The first-order valence-electron chi connectivity index (χ1n) is 6.84. The molecule has 1 N–H and O–H groups in total. The van der Waals surface area contributed by atoms with Crippen molar-refractivity contribution in [3.05, 3.63) is 38.9 Å². The molecule has 0 amide bonds. The lowest BCUT2D eigenvalue weighted by atomic mass is 9.97.